The van der Waals surface area contributed by atoms with Gasteiger partial charge in [-0.1, -0.05) is 69.5 Å². The summed E-state index contributed by atoms with van der Waals surface area (Å²) >= 11 is 22.5. The van der Waals surface area contributed by atoms with Crippen molar-refractivity contribution < 1.29 is 9.90 Å². The van der Waals surface area contributed by atoms with Gasteiger partial charge in [0.1, 0.15) is 5.76 Å². The van der Waals surface area contributed by atoms with E-state index >= 15 is 0 Å². The van der Waals surface area contributed by atoms with Crippen LogP contribution in [0, 0.1) is 0 Å². The summed E-state index contributed by atoms with van der Waals surface area (Å²) in [6, 6.07) is 11.4. The van der Waals surface area contributed by atoms with Gasteiger partial charge in [0.15, 0.2) is 10.1 Å². The number of halogens is 3. The molecule has 4 nitrogen and oxygen atoms in total. The molecule has 2 aromatic carbocycles. The van der Waals surface area contributed by atoms with Gasteiger partial charge in [0.25, 0.3) is 0 Å². The molecule has 1 aliphatic rings. The number of rotatable bonds is 3. The molecule has 1 aliphatic heterocycles. The third-order valence-corrected chi connectivity index (χ3v) is 6.87. The first-order valence-corrected chi connectivity index (χ1v) is 11.1. The van der Waals surface area contributed by atoms with Crippen molar-refractivity contribution in [2.75, 3.05) is 4.90 Å². The summed E-state index contributed by atoms with van der Waals surface area (Å²) in [5.74, 6) is -0.563. The molecular formula is C20H11BrCl2N2O2S2. The SMILES string of the molecule is O=C1C(=S)N(c2nccs2)C(c2ccc(Cl)c(Cl)c2)/C1=C(/O)c1ccc(Br)cc1. The first-order valence-electron chi connectivity index (χ1n) is 8.30. The zero-order chi connectivity index (χ0) is 20.7. The zero-order valence-electron chi connectivity index (χ0n) is 14.5. The van der Waals surface area contributed by atoms with E-state index in [-0.39, 0.29) is 16.3 Å². The lowest BCUT2D eigenvalue weighted by Gasteiger charge is -2.24. The predicted octanol–water partition coefficient (Wildman–Crippen LogP) is 6.64. The minimum absolute atomic E-state index is 0.0645. The third-order valence-electron chi connectivity index (χ3n) is 4.45. The molecule has 1 N–H and O–H groups in total. The topological polar surface area (TPSA) is 53.4 Å². The Morgan fingerprint density at radius 2 is 1.90 bits per heavy atom. The van der Waals surface area contributed by atoms with Gasteiger partial charge in [-0.15, -0.1) is 11.3 Å². The Morgan fingerprint density at radius 3 is 2.52 bits per heavy atom. The van der Waals surface area contributed by atoms with Gasteiger partial charge in [-0.3, -0.25) is 9.69 Å². The van der Waals surface area contributed by atoms with Crippen LogP contribution in [0.3, 0.4) is 0 Å². The molecule has 0 spiro atoms. The maximum absolute atomic E-state index is 13.1. The van der Waals surface area contributed by atoms with Gasteiger partial charge in [0, 0.05) is 21.6 Å². The van der Waals surface area contributed by atoms with Gasteiger partial charge in [-0.2, -0.15) is 0 Å². The highest BCUT2D eigenvalue weighted by molar-refractivity contribution is 9.10. The number of aliphatic hydroxyl groups excluding tert-OH is 1. The van der Waals surface area contributed by atoms with E-state index in [0.717, 1.165) is 4.47 Å². The monoisotopic (exact) mass is 524 g/mol. The number of hydrogen-bond acceptors (Lipinski definition) is 5. The lowest BCUT2D eigenvalue weighted by molar-refractivity contribution is -0.109. The van der Waals surface area contributed by atoms with Gasteiger partial charge in [0.05, 0.1) is 21.7 Å². The van der Waals surface area contributed by atoms with E-state index in [9.17, 15) is 9.90 Å². The van der Waals surface area contributed by atoms with Gasteiger partial charge in [-0.05, 0) is 29.8 Å². The van der Waals surface area contributed by atoms with E-state index in [0.29, 0.717) is 26.3 Å². The van der Waals surface area contributed by atoms with Crippen molar-refractivity contribution in [1.29, 1.82) is 0 Å². The number of thiazole rings is 1. The molecule has 2 heterocycles. The first-order chi connectivity index (χ1) is 13.9. The molecule has 9 heteroatoms. The highest BCUT2D eigenvalue weighted by Gasteiger charge is 2.45. The van der Waals surface area contributed by atoms with E-state index in [1.807, 2.05) is 0 Å². The number of anilines is 1. The molecule has 29 heavy (non-hydrogen) atoms. The molecule has 1 fully saturated rings. The van der Waals surface area contributed by atoms with Crippen LogP contribution in [0.15, 0.2) is 64.1 Å². The predicted molar refractivity (Wildman–Crippen MR) is 125 cm³/mol. The fourth-order valence-corrected chi connectivity index (χ4v) is 4.73. The average Bonchev–Trinajstić information content (AvgIpc) is 3.31. The lowest BCUT2D eigenvalue weighted by Crippen LogP contribution is -2.27. The van der Waals surface area contributed by atoms with Crippen molar-refractivity contribution in [1.82, 2.24) is 4.98 Å². The standard InChI is InChI=1S/C20H11BrCl2N2O2S2/c21-12-4-1-10(2-5-12)17(26)15-16(11-3-6-13(22)14(23)9-11)25(19(28)18(15)27)20-24-7-8-29-20/h1-9,16,26H/b17-15-. The van der Waals surface area contributed by atoms with Crippen molar-refractivity contribution in [2.24, 2.45) is 0 Å². The molecule has 0 amide bonds. The average molecular weight is 526 g/mol. The summed E-state index contributed by atoms with van der Waals surface area (Å²) in [5.41, 5.74) is 1.35. The Kier molecular flexibility index (Phi) is 5.77. The highest BCUT2D eigenvalue weighted by atomic mass is 79.9. The summed E-state index contributed by atoms with van der Waals surface area (Å²) in [6.07, 6.45) is 1.63. The molecule has 1 unspecified atom stereocenters. The maximum atomic E-state index is 13.1. The van der Waals surface area contributed by atoms with Crippen LogP contribution >= 0.6 is 62.7 Å². The molecule has 146 valence electrons. The summed E-state index contributed by atoms with van der Waals surface area (Å²) in [5, 5.41) is 14.1. The van der Waals surface area contributed by atoms with Crippen LogP contribution in [0.5, 0.6) is 0 Å². The fourth-order valence-electron chi connectivity index (χ4n) is 3.13. The number of hydrogen-bond donors (Lipinski definition) is 1. The Hall–Kier alpha value is -1.77. The summed E-state index contributed by atoms with van der Waals surface area (Å²) < 4.78 is 0.859. The number of Topliss-reactive ketones (excluding diaryl/α,β-unsaturated/α-hetero) is 1. The van der Waals surface area contributed by atoms with E-state index in [1.165, 1.54) is 11.3 Å². The summed E-state index contributed by atoms with van der Waals surface area (Å²) in [7, 11) is 0. The van der Waals surface area contributed by atoms with Crippen LogP contribution < -0.4 is 4.90 Å². The van der Waals surface area contributed by atoms with Crippen molar-refractivity contribution in [3.05, 3.63) is 85.3 Å². The zero-order valence-corrected chi connectivity index (χ0v) is 19.2. The van der Waals surface area contributed by atoms with Gasteiger partial charge in [-0.25, -0.2) is 4.98 Å². The van der Waals surface area contributed by atoms with Crippen molar-refractivity contribution in [3.8, 4) is 0 Å². The Labute approximate surface area is 194 Å². The number of carbonyl (C=O) groups is 1. The van der Waals surface area contributed by atoms with Crippen molar-refractivity contribution in [3.63, 3.8) is 0 Å². The molecule has 0 radical (unpaired) electrons. The van der Waals surface area contributed by atoms with Crippen molar-refractivity contribution >= 4 is 84.3 Å². The first kappa shape index (κ1) is 20.5. The fraction of sp³-hybridized carbons (Fsp3) is 0.0500. The second-order valence-electron chi connectivity index (χ2n) is 6.16. The highest BCUT2D eigenvalue weighted by Crippen LogP contribution is 2.44. The van der Waals surface area contributed by atoms with Crippen LogP contribution in [0.1, 0.15) is 17.2 Å². The Balaban J connectivity index is 1.95. The molecule has 1 atom stereocenters. The van der Waals surface area contributed by atoms with Crippen molar-refractivity contribution in [2.45, 2.75) is 6.04 Å². The quantitative estimate of drug-likeness (QED) is 0.236. The number of benzene rings is 2. The van der Waals surface area contributed by atoms with E-state index in [2.05, 4.69) is 20.9 Å². The number of thiocarbonyl (C=S) groups is 1. The molecule has 1 aromatic heterocycles. The minimum Gasteiger partial charge on any atom is -0.507 e. The number of aliphatic hydroxyl groups is 1. The van der Waals surface area contributed by atoms with Crippen LogP contribution in [-0.4, -0.2) is 20.9 Å². The minimum atomic E-state index is -0.681. The molecule has 1 saturated heterocycles. The van der Waals surface area contributed by atoms with Crippen LogP contribution in [0.25, 0.3) is 5.76 Å². The number of nitrogens with zero attached hydrogens (tertiary/aromatic N) is 2. The number of carbonyl (C=O) groups excluding carboxylic acids is 1. The summed E-state index contributed by atoms with van der Waals surface area (Å²) in [6.45, 7) is 0. The van der Waals surface area contributed by atoms with E-state index in [1.54, 1.807) is 58.9 Å². The molecule has 3 aromatic rings. The Bertz CT molecular complexity index is 1150. The second kappa shape index (κ2) is 8.16. The van der Waals surface area contributed by atoms with Gasteiger partial charge < -0.3 is 5.11 Å². The molecule has 4 rings (SSSR count). The lowest BCUT2D eigenvalue weighted by atomic mass is 9.95. The molecule has 0 bridgehead atoms. The molecule has 0 aliphatic carbocycles. The van der Waals surface area contributed by atoms with E-state index in [4.69, 9.17) is 35.4 Å². The number of ketones is 1. The van der Waals surface area contributed by atoms with Gasteiger partial charge in [0.2, 0.25) is 5.78 Å². The second-order valence-corrected chi connectivity index (χ2v) is 9.15. The Morgan fingerprint density at radius 1 is 1.17 bits per heavy atom. The van der Waals surface area contributed by atoms with Gasteiger partial charge >= 0.3 is 0 Å². The summed E-state index contributed by atoms with van der Waals surface area (Å²) in [4.78, 5) is 19.2. The molecule has 0 saturated carbocycles. The maximum Gasteiger partial charge on any atom is 0.222 e. The largest absolute Gasteiger partial charge is 0.507 e. The smallest absolute Gasteiger partial charge is 0.222 e. The third kappa shape index (κ3) is 3.73. The van der Waals surface area contributed by atoms with Crippen LogP contribution in [0.2, 0.25) is 10.0 Å². The van der Waals surface area contributed by atoms with Crippen LogP contribution in [-0.2, 0) is 4.79 Å². The van der Waals surface area contributed by atoms with E-state index < -0.39 is 11.8 Å². The molecular weight excluding hydrogens is 515 g/mol. The number of aromatic nitrogens is 1. The normalized spacial score (nSPS) is 18.4. The van der Waals surface area contributed by atoms with Crippen LogP contribution in [0.4, 0.5) is 5.13 Å².